The normalized spacial score (nSPS) is 22.9. The molecule has 5 heteroatoms. The smallest absolute Gasteiger partial charge is 0.257 e. The molecule has 0 saturated carbocycles. The standard InChI is InChI=1S/C14H18N2O2S/c1-10-8-16(9-11(2)18-10)14(19)15-13(17)12-6-4-3-5-7-12/h3-7,10-11H,8-9H2,1-2H3,(H,15,17,19)/t10-,11-/m0/s1. The van der Waals surface area contributed by atoms with Gasteiger partial charge in [0, 0.05) is 18.7 Å². The van der Waals surface area contributed by atoms with Crippen LogP contribution in [-0.4, -0.2) is 41.2 Å². The summed E-state index contributed by atoms with van der Waals surface area (Å²) in [4.78, 5) is 14.0. The van der Waals surface area contributed by atoms with Crippen molar-refractivity contribution in [1.29, 1.82) is 0 Å². The molecule has 1 aromatic rings. The van der Waals surface area contributed by atoms with Gasteiger partial charge in [0.15, 0.2) is 5.11 Å². The number of morpholine rings is 1. The molecule has 1 saturated heterocycles. The summed E-state index contributed by atoms with van der Waals surface area (Å²) in [5, 5.41) is 3.24. The summed E-state index contributed by atoms with van der Waals surface area (Å²) < 4.78 is 5.64. The first-order chi connectivity index (χ1) is 9.06. The lowest BCUT2D eigenvalue weighted by Crippen LogP contribution is -2.52. The van der Waals surface area contributed by atoms with Crippen LogP contribution in [0.5, 0.6) is 0 Å². The molecule has 1 amide bonds. The van der Waals surface area contributed by atoms with E-state index in [-0.39, 0.29) is 18.1 Å². The zero-order chi connectivity index (χ0) is 13.8. The zero-order valence-corrected chi connectivity index (χ0v) is 11.9. The van der Waals surface area contributed by atoms with E-state index in [1.54, 1.807) is 12.1 Å². The minimum absolute atomic E-state index is 0.121. The molecule has 2 rings (SSSR count). The van der Waals surface area contributed by atoms with Gasteiger partial charge in [-0.3, -0.25) is 10.1 Å². The van der Waals surface area contributed by atoms with Crippen LogP contribution in [0.3, 0.4) is 0 Å². The Labute approximate surface area is 118 Å². The van der Waals surface area contributed by atoms with Gasteiger partial charge in [-0.15, -0.1) is 0 Å². The number of rotatable bonds is 1. The quantitative estimate of drug-likeness (QED) is 0.796. The van der Waals surface area contributed by atoms with E-state index in [0.29, 0.717) is 23.8 Å². The lowest BCUT2D eigenvalue weighted by molar-refractivity contribution is -0.0481. The second-order valence-corrected chi connectivity index (χ2v) is 5.17. The summed E-state index contributed by atoms with van der Waals surface area (Å²) >= 11 is 5.29. The van der Waals surface area contributed by atoms with E-state index < -0.39 is 0 Å². The molecule has 2 atom stereocenters. The molecule has 0 aliphatic carbocycles. The van der Waals surface area contributed by atoms with Gasteiger partial charge in [-0.25, -0.2) is 0 Å². The number of hydrogen-bond donors (Lipinski definition) is 1. The summed E-state index contributed by atoms with van der Waals surface area (Å²) in [6.07, 6.45) is 0.241. The summed E-state index contributed by atoms with van der Waals surface area (Å²) in [6.45, 7) is 5.42. The van der Waals surface area contributed by atoms with Gasteiger partial charge in [-0.05, 0) is 38.2 Å². The molecule has 0 aromatic heterocycles. The number of ether oxygens (including phenoxy) is 1. The molecular formula is C14H18N2O2S. The van der Waals surface area contributed by atoms with E-state index >= 15 is 0 Å². The van der Waals surface area contributed by atoms with Gasteiger partial charge in [0.2, 0.25) is 0 Å². The minimum Gasteiger partial charge on any atom is -0.372 e. The highest BCUT2D eigenvalue weighted by Crippen LogP contribution is 2.11. The average molecular weight is 278 g/mol. The van der Waals surface area contributed by atoms with Crippen molar-refractivity contribution in [3.05, 3.63) is 35.9 Å². The molecule has 0 spiro atoms. The Balaban J connectivity index is 1.96. The number of benzene rings is 1. The van der Waals surface area contributed by atoms with Crippen LogP contribution in [0.1, 0.15) is 24.2 Å². The average Bonchev–Trinajstić information content (AvgIpc) is 2.38. The van der Waals surface area contributed by atoms with Crippen LogP contribution in [0.15, 0.2) is 30.3 Å². The number of carbonyl (C=O) groups excluding carboxylic acids is 1. The number of hydrogen-bond acceptors (Lipinski definition) is 3. The number of amides is 1. The first kappa shape index (κ1) is 14.0. The van der Waals surface area contributed by atoms with E-state index in [4.69, 9.17) is 17.0 Å². The first-order valence-corrected chi connectivity index (χ1v) is 6.78. The van der Waals surface area contributed by atoms with Crippen LogP contribution < -0.4 is 5.32 Å². The van der Waals surface area contributed by atoms with Crippen molar-refractivity contribution in [3.8, 4) is 0 Å². The maximum Gasteiger partial charge on any atom is 0.257 e. The SMILES string of the molecule is C[C@H]1CN(C(=S)NC(=O)c2ccccc2)C[C@H](C)O1. The number of nitrogens with one attached hydrogen (secondary N) is 1. The summed E-state index contributed by atoms with van der Waals surface area (Å²) in [7, 11) is 0. The fourth-order valence-electron chi connectivity index (χ4n) is 2.18. The molecule has 4 nitrogen and oxygen atoms in total. The molecule has 1 aliphatic heterocycles. The van der Waals surface area contributed by atoms with E-state index in [0.717, 1.165) is 0 Å². The Morgan fingerprint density at radius 1 is 1.26 bits per heavy atom. The van der Waals surface area contributed by atoms with Gasteiger partial charge in [-0.2, -0.15) is 0 Å². The Hall–Kier alpha value is -1.46. The van der Waals surface area contributed by atoms with Crippen LogP contribution in [-0.2, 0) is 4.74 Å². The third-order valence-corrected chi connectivity index (χ3v) is 3.32. The molecule has 1 aliphatic rings. The lowest BCUT2D eigenvalue weighted by atomic mass is 10.2. The molecule has 0 radical (unpaired) electrons. The number of nitrogens with zero attached hydrogens (tertiary/aromatic N) is 1. The van der Waals surface area contributed by atoms with E-state index in [1.165, 1.54) is 0 Å². The Morgan fingerprint density at radius 2 is 1.84 bits per heavy atom. The topological polar surface area (TPSA) is 41.6 Å². The monoisotopic (exact) mass is 278 g/mol. The van der Waals surface area contributed by atoms with Crippen molar-refractivity contribution in [3.63, 3.8) is 0 Å². The Kier molecular flexibility index (Phi) is 4.50. The van der Waals surface area contributed by atoms with E-state index in [9.17, 15) is 4.79 Å². The fraction of sp³-hybridized carbons (Fsp3) is 0.429. The van der Waals surface area contributed by atoms with Gasteiger partial charge in [0.25, 0.3) is 5.91 Å². The summed E-state index contributed by atoms with van der Waals surface area (Å²) in [6, 6.07) is 9.07. The molecule has 19 heavy (non-hydrogen) atoms. The van der Waals surface area contributed by atoms with Gasteiger partial charge >= 0.3 is 0 Å². The largest absolute Gasteiger partial charge is 0.372 e. The summed E-state index contributed by atoms with van der Waals surface area (Å²) in [5.74, 6) is -0.169. The van der Waals surface area contributed by atoms with Crippen molar-refractivity contribution in [2.75, 3.05) is 13.1 Å². The predicted molar refractivity (Wildman–Crippen MR) is 78.1 cm³/mol. The molecular weight excluding hydrogens is 260 g/mol. The van der Waals surface area contributed by atoms with E-state index in [1.807, 2.05) is 36.9 Å². The Bertz CT molecular complexity index is 454. The van der Waals surface area contributed by atoms with Gasteiger partial charge < -0.3 is 9.64 Å². The van der Waals surface area contributed by atoms with Crippen molar-refractivity contribution in [1.82, 2.24) is 10.2 Å². The van der Waals surface area contributed by atoms with Crippen LogP contribution in [0.4, 0.5) is 0 Å². The van der Waals surface area contributed by atoms with Crippen LogP contribution >= 0.6 is 12.2 Å². The molecule has 1 heterocycles. The highest BCUT2D eigenvalue weighted by molar-refractivity contribution is 7.80. The van der Waals surface area contributed by atoms with Crippen LogP contribution in [0, 0.1) is 0 Å². The van der Waals surface area contributed by atoms with Gasteiger partial charge in [-0.1, -0.05) is 18.2 Å². The highest BCUT2D eigenvalue weighted by Gasteiger charge is 2.24. The lowest BCUT2D eigenvalue weighted by Gasteiger charge is -2.36. The zero-order valence-electron chi connectivity index (χ0n) is 11.1. The van der Waals surface area contributed by atoms with Crippen molar-refractivity contribution in [2.45, 2.75) is 26.1 Å². The molecule has 0 unspecified atom stereocenters. The second-order valence-electron chi connectivity index (χ2n) is 4.79. The third kappa shape index (κ3) is 3.75. The minimum atomic E-state index is -0.169. The van der Waals surface area contributed by atoms with Gasteiger partial charge in [0.05, 0.1) is 12.2 Å². The molecule has 1 aromatic carbocycles. The second kappa shape index (κ2) is 6.12. The van der Waals surface area contributed by atoms with Crippen LogP contribution in [0.2, 0.25) is 0 Å². The van der Waals surface area contributed by atoms with Crippen molar-refractivity contribution >= 4 is 23.2 Å². The van der Waals surface area contributed by atoms with Crippen molar-refractivity contribution in [2.24, 2.45) is 0 Å². The molecule has 1 N–H and O–H groups in total. The number of thiocarbonyl (C=S) groups is 1. The van der Waals surface area contributed by atoms with Gasteiger partial charge in [0.1, 0.15) is 0 Å². The maximum absolute atomic E-state index is 12.0. The maximum atomic E-state index is 12.0. The number of carbonyl (C=O) groups is 1. The predicted octanol–water partition coefficient (Wildman–Crippen LogP) is 1.81. The third-order valence-electron chi connectivity index (χ3n) is 2.96. The molecule has 1 fully saturated rings. The highest BCUT2D eigenvalue weighted by atomic mass is 32.1. The Morgan fingerprint density at radius 3 is 2.42 bits per heavy atom. The fourth-order valence-corrected chi connectivity index (χ4v) is 2.42. The molecule has 102 valence electrons. The van der Waals surface area contributed by atoms with E-state index in [2.05, 4.69) is 5.32 Å². The first-order valence-electron chi connectivity index (χ1n) is 6.37. The summed E-state index contributed by atoms with van der Waals surface area (Å²) in [5.41, 5.74) is 0.610. The molecule has 0 bridgehead atoms. The van der Waals surface area contributed by atoms with Crippen molar-refractivity contribution < 1.29 is 9.53 Å². The van der Waals surface area contributed by atoms with Crippen LogP contribution in [0.25, 0.3) is 0 Å².